The van der Waals surface area contributed by atoms with Crippen molar-refractivity contribution in [3.05, 3.63) is 101 Å². The molecule has 1 aliphatic heterocycles. The maximum Gasteiger partial charge on any atom is 0.303 e. The molecule has 38 heavy (non-hydrogen) atoms. The molecule has 0 spiro atoms. The topological polar surface area (TPSA) is 96.8 Å². The Morgan fingerprint density at radius 3 is 2.53 bits per heavy atom. The first-order valence-electron chi connectivity index (χ1n) is 11.7. The van der Waals surface area contributed by atoms with Gasteiger partial charge in [-0.25, -0.2) is 8.42 Å². The highest BCUT2D eigenvalue weighted by Gasteiger charge is 2.37. The number of nitrogens with zero attached hydrogens (tertiary/aromatic N) is 2. The van der Waals surface area contributed by atoms with Gasteiger partial charge in [-0.3, -0.25) is 14.1 Å². The van der Waals surface area contributed by atoms with E-state index >= 15 is 0 Å². The Hall–Kier alpha value is -3.59. The summed E-state index contributed by atoms with van der Waals surface area (Å²) in [5.74, 6) is -0.470. The Morgan fingerprint density at radius 1 is 0.974 bits per heavy atom. The van der Waals surface area contributed by atoms with Crippen LogP contribution in [0.25, 0.3) is 11.1 Å². The first-order valence-corrected chi connectivity index (χ1v) is 13.9. The fraction of sp³-hybridized carbons (Fsp3) is 0.143. The van der Waals surface area contributed by atoms with E-state index in [0.717, 1.165) is 16.7 Å². The average molecular weight is 569 g/mol. The van der Waals surface area contributed by atoms with Crippen LogP contribution >= 0.6 is 23.2 Å². The van der Waals surface area contributed by atoms with Crippen molar-refractivity contribution in [3.8, 4) is 22.6 Å². The van der Waals surface area contributed by atoms with Crippen LogP contribution in [0.4, 0.5) is 5.69 Å². The van der Waals surface area contributed by atoms with Crippen LogP contribution in [0.15, 0.2) is 90.1 Å². The number of carboxylic acids is 1. The summed E-state index contributed by atoms with van der Waals surface area (Å²) in [7, 11) is -3.98. The van der Waals surface area contributed by atoms with Crippen LogP contribution in [-0.2, 0) is 14.8 Å². The number of benzene rings is 3. The average Bonchev–Trinajstić information content (AvgIpc) is 3.29. The predicted octanol–water partition coefficient (Wildman–Crippen LogP) is 7.01. The summed E-state index contributed by atoms with van der Waals surface area (Å²) < 4.78 is 34.9. The van der Waals surface area contributed by atoms with Gasteiger partial charge in [-0.05, 0) is 65.6 Å². The second-order valence-corrected chi connectivity index (χ2v) is 11.5. The maximum absolute atomic E-state index is 13.8. The zero-order valence-electron chi connectivity index (χ0n) is 19.9. The molecule has 4 aromatic rings. The number of sulfonamides is 1. The third-order valence-corrected chi connectivity index (χ3v) is 8.86. The second kappa shape index (κ2) is 10.6. The van der Waals surface area contributed by atoms with Crippen molar-refractivity contribution in [3.63, 3.8) is 0 Å². The van der Waals surface area contributed by atoms with Gasteiger partial charge in [0, 0.05) is 43.4 Å². The van der Waals surface area contributed by atoms with Gasteiger partial charge in [-0.2, -0.15) is 0 Å². The van der Waals surface area contributed by atoms with Gasteiger partial charge in [0.15, 0.2) is 0 Å². The number of hydrogen-bond donors (Lipinski definition) is 1. The largest absolute Gasteiger partial charge is 0.481 e. The quantitative estimate of drug-likeness (QED) is 0.245. The minimum absolute atomic E-state index is 0.0521. The van der Waals surface area contributed by atoms with E-state index in [-0.39, 0.29) is 23.8 Å². The van der Waals surface area contributed by atoms with Crippen LogP contribution in [0.1, 0.15) is 24.3 Å². The highest BCUT2D eigenvalue weighted by atomic mass is 35.5. The molecule has 0 bridgehead atoms. The SMILES string of the molecule is O=C(O)CCC1CN(S(=O)(=O)c2cccc(Oc3ccc(Cl)c(Cl)c3)c2)c2ccc(-c3cccnc3)cc21. The summed E-state index contributed by atoms with van der Waals surface area (Å²) >= 11 is 12.0. The lowest BCUT2D eigenvalue weighted by atomic mass is 9.93. The summed E-state index contributed by atoms with van der Waals surface area (Å²) in [6, 6.07) is 20.3. The number of aliphatic carboxylic acids is 1. The number of pyridine rings is 1. The molecule has 1 atom stereocenters. The number of rotatable bonds is 8. The molecule has 7 nitrogen and oxygen atoms in total. The number of carbonyl (C=O) groups is 1. The van der Waals surface area contributed by atoms with E-state index in [2.05, 4.69) is 4.98 Å². The molecular weight excluding hydrogens is 547 g/mol. The Bertz CT molecular complexity index is 1610. The number of halogens is 2. The molecule has 0 amide bonds. The first kappa shape index (κ1) is 26.0. The molecule has 0 saturated heterocycles. The number of carboxylic acid groups (broad SMARTS) is 1. The third-order valence-electron chi connectivity index (χ3n) is 6.34. The fourth-order valence-electron chi connectivity index (χ4n) is 4.49. The summed E-state index contributed by atoms with van der Waals surface area (Å²) in [6.07, 6.45) is 3.66. The molecule has 0 saturated carbocycles. The lowest BCUT2D eigenvalue weighted by Crippen LogP contribution is -2.30. The normalized spacial score (nSPS) is 14.8. The molecular formula is C28H22Cl2N2O5S. The van der Waals surface area contributed by atoms with Gasteiger partial charge in [-0.1, -0.05) is 41.4 Å². The number of anilines is 1. The molecule has 1 aliphatic rings. The Kier molecular flexibility index (Phi) is 7.29. The van der Waals surface area contributed by atoms with Gasteiger partial charge >= 0.3 is 5.97 Å². The van der Waals surface area contributed by atoms with Gasteiger partial charge in [0.2, 0.25) is 0 Å². The number of aromatic nitrogens is 1. The van der Waals surface area contributed by atoms with Crippen LogP contribution in [-0.4, -0.2) is 31.0 Å². The van der Waals surface area contributed by atoms with Gasteiger partial charge in [0.05, 0.1) is 20.6 Å². The van der Waals surface area contributed by atoms with Gasteiger partial charge in [-0.15, -0.1) is 0 Å². The Morgan fingerprint density at radius 2 is 1.79 bits per heavy atom. The van der Waals surface area contributed by atoms with Crippen molar-refractivity contribution in [2.24, 2.45) is 0 Å². The van der Waals surface area contributed by atoms with Crippen LogP contribution in [0.2, 0.25) is 10.0 Å². The Labute approximate surface area is 230 Å². The second-order valence-electron chi connectivity index (χ2n) is 8.83. The standard InChI is InChI=1S/C28H22Cl2N2O5S/c29-25-9-8-22(15-26(25)30)37-21-4-1-5-23(14-21)38(35,36)32-17-20(7-11-28(33)34)24-13-18(6-10-27(24)32)19-3-2-12-31-16-19/h1-6,8-10,12-16,20H,7,11,17H2,(H,33,34). The molecule has 1 aromatic heterocycles. The molecule has 194 valence electrons. The molecule has 0 radical (unpaired) electrons. The number of fused-ring (bicyclic) bond motifs is 1. The van der Waals surface area contributed by atoms with E-state index in [0.29, 0.717) is 33.7 Å². The molecule has 1 N–H and O–H groups in total. The van der Waals surface area contributed by atoms with Crippen molar-refractivity contribution in [2.75, 3.05) is 10.8 Å². The summed E-state index contributed by atoms with van der Waals surface area (Å²) in [5.41, 5.74) is 3.09. The van der Waals surface area contributed by atoms with E-state index in [1.54, 1.807) is 48.8 Å². The van der Waals surface area contributed by atoms with E-state index < -0.39 is 16.0 Å². The highest BCUT2D eigenvalue weighted by molar-refractivity contribution is 7.92. The van der Waals surface area contributed by atoms with E-state index in [1.165, 1.54) is 16.4 Å². The monoisotopic (exact) mass is 568 g/mol. The molecule has 10 heteroatoms. The summed E-state index contributed by atoms with van der Waals surface area (Å²) in [6.45, 7) is 0.138. The van der Waals surface area contributed by atoms with Crippen molar-refractivity contribution in [2.45, 2.75) is 23.7 Å². The predicted molar refractivity (Wildman–Crippen MR) is 147 cm³/mol. The van der Waals surface area contributed by atoms with Crippen molar-refractivity contribution in [1.82, 2.24) is 4.98 Å². The van der Waals surface area contributed by atoms with Crippen LogP contribution in [0.3, 0.4) is 0 Å². The lowest BCUT2D eigenvalue weighted by Gasteiger charge is -2.21. The molecule has 5 rings (SSSR count). The maximum atomic E-state index is 13.8. The van der Waals surface area contributed by atoms with Crippen LogP contribution < -0.4 is 9.04 Å². The summed E-state index contributed by atoms with van der Waals surface area (Å²) in [5, 5.41) is 9.97. The smallest absolute Gasteiger partial charge is 0.303 e. The van der Waals surface area contributed by atoms with Crippen molar-refractivity contribution < 1.29 is 23.1 Å². The van der Waals surface area contributed by atoms with E-state index in [9.17, 15) is 18.3 Å². The van der Waals surface area contributed by atoms with E-state index in [4.69, 9.17) is 27.9 Å². The van der Waals surface area contributed by atoms with Crippen molar-refractivity contribution >= 4 is 44.9 Å². The van der Waals surface area contributed by atoms with Crippen molar-refractivity contribution in [1.29, 1.82) is 0 Å². The summed E-state index contributed by atoms with van der Waals surface area (Å²) in [4.78, 5) is 15.5. The minimum atomic E-state index is -3.98. The zero-order valence-corrected chi connectivity index (χ0v) is 22.2. The first-order chi connectivity index (χ1) is 18.2. The zero-order chi connectivity index (χ0) is 26.9. The van der Waals surface area contributed by atoms with Crippen LogP contribution in [0, 0.1) is 0 Å². The minimum Gasteiger partial charge on any atom is -0.481 e. The third kappa shape index (κ3) is 5.34. The number of ether oxygens (including phenoxy) is 1. The Balaban J connectivity index is 1.49. The molecule has 3 aromatic carbocycles. The fourth-order valence-corrected chi connectivity index (χ4v) is 6.35. The van der Waals surface area contributed by atoms with E-state index in [1.807, 2.05) is 24.3 Å². The highest BCUT2D eigenvalue weighted by Crippen LogP contribution is 2.44. The van der Waals surface area contributed by atoms with Gasteiger partial charge in [0.1, 0.15) is 11.5 Å². The van der Waals surface area contributed by atoms with Gasteiger partial charge in [0.25, 0.3) is 10.0 Å². The molecule has 2 heterocycles. The number of hydrogen-bond acceptors (Lipinski definition) is 5. The molecule has 1 unspecified atom stereocenters. The lowest BCUT2D eigenvalue weighted by molar-refractivity contribution is -0.137. The van der Waals surface area contributed by atoms with Crippen LogP contribution in [0.5, 0.6) is 11.5 Å². The molecule has 0 fully saturated rings. The molecule has 0 aliphatic carbocycles. The van der Waals surface area contributed by atoms with Gasteiger partial charge < -0.3 is 9.84 Å².